The smallest absolute Gasteiger partial charge is 0.162 e. The molecule has 1 aromatic heterocycles. The number of phenolic OH excluding ortho intramolecular Hbond substituents is 1. The fourth-order valence-corrected chi connectivity index (χ4v) is 3.16. The Morgan fingerprint density at radius 3 is 2.61 bits per heavy atom. The van der Waals surface area contributed by atoms with Crippen LogP contribution in [0.3, 0.4) is 0 Å². The van der Waals surface area contributed by atoms with Crippen LogP contribution < -0.4 is 5.43 Å². The lowest BCUT2D eigenvalue weighted by atomic mass is 10.1. The molecule has 0 aliphatic heterocycles. The predicted octanol–water partition coefficient (Wildman–Crippen LogP) is 5.52. The summed E-state index contributed by atoms with van der Waals surface area (Å²) in [5.41, 5.74) is 6.54. The average Bonchev–Trinajstić information content (AvgIpc) is 2.71. The van der Waals surface area contributed by atoms with E-state index in [1.807, 2.05) is 55.5 Å². The summed E-state index contributed by atoms with van der Waals surface area (Å²) >= 11 is 3.39. The molecule has 1 heterocycles. The van der Waals surface area contributed by atoms with Gasteiger partial charge in [-0.25, -0.2) is 9.97 Å². The van der Waals surface area contributed by atoms with Crippen molar-refractivity contribution in [3.8, 4) is 17.1 Å². The molecule has 0 unspecified atom stereocenters. The summed E-state index contributed by atoms with van der Waals surface area (Å²) in [6.07, 6.45) is 1.56. The van der Waals surface area contributed by atoms with E-state index in [1.54, 1.807) is 24.4 Å². The monoisotopic (exact) mass is 432 g/mol. The second kappa shape index (κ2) is 7.78. The molecule has 0 spiro atoms. The summed E-state index contributed by atoms with van der Waals surface area (Å²) in [6, 6.07) is 21.0. The maximum atomic E-state index is 9.95. The summed E-state index contributed by atoms with van der Waals surface area (Å²) in [7, 11) is 0. The highest BCUT2D eigenvalue weighted by atomic mass is 79.9. The van der Waals surface area contributed by atoms with Gasteiger partial charge in [0, 0.05) is 21.0 Å². The van der Waals surface area contributed by atoms with Crippen LogP contribution in [0.5, 0.6) is 5.75 Å². The van der Waals surface area contributed by atoms with Crippen LogP contribution in [0.25, 0.3) is 22.3 Å². The third kappa shape index (κ3) is 3.87. The molecule has 0 radical (unpaired) electrons. The van der Waals surface area contributed by atoms with Crippen LogP contribution in [-0.2, 0) is 0 Å². The number of para-hydroxylation sites is 1. The van der Waals surface area contributed by atoms with Crippen molar-refractivity contribution < 1.29 is 5.11 Å². The summed E-state index contributed by atoms with van der Waals surface area (Å²) in [5, 5.41) is 15.1. The topological polar surface area (TPSA) is 70.4 Å². The van der Waals surface area contributed by atoms with Crippen LogP contribution in [0.4, 0.5) is 5.82 Å². The fraction of sp³-hybridized carbons (Fsp3) is 0.0455. The first-order valence-corrected chi connectivity index (χ1v) is 9.51. The van der Waals surface area contributed by atoms with Crippen LogP contribution in [0.15, 0.2) is 76.3 Å². The molecular weight excluding hydrogens is 416 g/mol. The second-order valence-corrected chi connectivity index (χ2v) is 7.27. The lowest BCUT2D eigenvalue weighted by Crippen LogP contribution is -1.99. The average molecular weight is 433 g/mol. The zero-order chi connectivity index (χ0) is 19.5. The van der Waals surface area contributed by atoms with E-state index in [0.717, 1.165) is 20.9 Å². The Morgan fingerprint density at radius 1 is 1.00 bits per heavy atom. The molecule has 4 rings (SSSR count). The molecule has 2 N–H and O–H groups in total. The molecule has 28 heavy (non-hydrogen) atoms. The van der Waals surface area contributed by atoms with Gasteiger partial charge in [0.05, 0.1) is 11.7 Å². The third-order valence-electron chi connectivity index (χ3n) is 4.28. The van der Waals surface area contributed by atoms with Crippen molar-refractivity contribution in [3.05, 3.63) is 82.3 Å². The zero-order valence-corrected chi connectivity index (χ0v) is 16.7. The van der Waals surface area contributed by atoms with E-state index < -0.39 is 0 Å². The molecule has 0 aliphatic carbocycles. The summed E-state index contributed by atoms with van der Waals surface area (Å²) in [5.74, 6) is 1.38. The highest BCUT2D eigenvalue weighted by molar-refractivity contribution is 9.10. The number of rotatable bonds is 4. The van der Waals surface area contributed by atoms with Crippen molar-refractivity contribution in [1.29, 1.82) is 0 Å². The predicted molar refractivity (Wildman–Crippen MR) is 117 cm³/mol. The number of aryl methyl sites for hydroxylation is 1. The molecule has 138 valence electrons. The molecule has 0 saturated heterocycles. The number of aromatic hydroxyl groups is 1. The van der Waals surface area contributed by atoms with Gasteiger partial charge in [-0.05, 0) is 37.3 Å². The van der Waals surface area contributed by atoms with Gasteiger partial charge in [0.15, 0.2) is 11.6 Å². The lowest BCUT2D eigenvalue weighted by molar-refractivity contribution is 0.474. The van der Waals surface area contributed by atoms with Crippen LogP contribution >= 0.6 is 15.9 Å². The van der Waals surface area contributed by atoms with Crippen LogP contribution in [0, 0.1) is 6.92 Å². The third-order valence-corrected chi connectivity index (χ3v) is 4.77. The Morgan fingerprint density at radius 2 is 1.79 bits per heavy atom. The van der Waals surface area contributed by atoms with Crippen molar-refractivity contribution in [3.63, 3.8) is 0 Å². The summed E-state index contributed by atoms with van der Waals surface area (Å²) in [4.78, 5) is 9.34. The standard InChI is InChI=1S/C22H17BrN4O/c1-14-6-8-15(9-7-14)21-25-19-5-3-2-4-18(19)22(26-21)27-24-13-16-12-17(23)10-11-20(16)28/h2-13,28H,1H3,(H,25,26,27)/b24-13-. The number of halogens is 1. The van der Waals surface area contributed by atoms with Gasteiger partial charge < -0.3 is 5.11 Å². The molecule has 0 saturated carbocycles. The number of hydrogen-bond acceptors (Lipinski definition) is 5. The molecule has 6 heteroatoms. The number of benzene rings is 3. The molecule has 5 nitrogen and oxygen atoms in total. The largest absolute Gasteiger partial charge is 0.507 e. The molecule has 0 fully saturated rings. The molecule has 0 aliphatic rings. The van der Waals surface area contributed by atoms with Gasteiger partial charge in [0.1, 0.15) is 5.75 Å². The van der Waals surface area contributed by atoms with Crippen LogP contribution in [-0.4, -0.2) is 21.3 Å². The molecule has 0 atom stereocenters. The zero-order valence-electron chi connectivity index (χ0n) is 15.1. The number of anilines is 1. The van der Waals surface area contributed by atoms with Crippen LogP contribution in [0.1, 0.15) is 11.1 Å². The van der Waals surface area contributed by atoms with Gasteiger partial charge >= 0.3 is 0 Å². The minimum Gasteiger partial charge on any atom is -0.507 e. The normalized spacial score (nSPS) is 11.2. The number of fused-ring (bicyclic) bond motifs is 1. The van der Waals surface area contributed by atoms with Crippen molar-refractivity contribution in [2.45, 2.75) is 6.92 Å². The SMILES string of the molecule is Cc1ccc(-c2nc(N/N=C\c3cc(Br)ccc3O)c3ccccc3n2)cc1. The highest BCUT2D eigenvalue weighted by Crippen LogP contribution is 2.25. The van der Waals surface area contributed by atoms with Gasteiger partial charge in [-0.15, -0.1) is 0 Å². The van der Waals surface area contributed by atoms with Crippen LogP contribution in [0.2, 0.25) is 0 Å². The van der Waals surface area contributed by atoms with E-state index in [4.69, 9.17) is 0 Å². The van der Waals surface area contributed by atoms with E-state index in [0.29, 0.717) is 17.2 Å². The number of hydrazone groups is 1. The van der Waals surface area contributed by atoms with Crippen molar-refractivity contribution >= 4 is 38.9 Å². The van der Waals surface area contributed by atoms with Crippen molar-refractivity contribution in [2.24, 2.45) is 5.10 Å². The minimum atomic E-state index is 0.154. The first-order valence-electron chi connectivity index (χ1n) is 8.71. The Balaban J connectivity index is 1.72. The first kappa shape index (κ1) is 18.1. The second-order valence-electron chi connectivity index (χ2n) is 6.35. The maximum Gasteiger partial charge on any atom is 0.162 e. The van der Waals surface area contributed by atoms with Gasteiger partial charge in [-0.2, -0.15) is 5.10 Å². The molecular formula is C22H17BrN4O. The Bertz CT molecular complexity index is 1170. The lowest BCUT2D eigenvalue weighted by Gasteiger charge is -2.08. The molecule has 0 bridgehead atoms. The van der Waals surface area contributed by atoms with E-state index in [2.05, 4.69) is 36.4 Å². The number of phenols is 1. The van der Waals surface area contributed by atoms with Gasteiger partial charge in [0.25, 0.3) is 0 Å². The molecule has 3 aromatic carbocycles. The van der Waals surface area contributed by atoms with Crippen molar-refractivity contribution in [2.75, 3.05) is 5.43 Å². The summed E-state index contributed by atoms with van der Waals surface area (Å²) < 4.78 is 0.862. The van der Waals surface area contributed by atoms with Gasteiger partial charge in [-0.1, -0.05) is 57.9 Å². The Kier molecular flexibility index (Phi) is 5.04. The first-order chi connectivity index (χ1) is 13.6. The fourth-order valence-electron chi connectivity index (χ4n) is 2.79. The van der Waals surface area contributed by atoms with E-state index in [9.17, 15) is 5.11 Å². The van der Waals surface area contributed by atoms with E-state index in [1.165, 1.54) is 5.56 Å². The van der Waals surface area contributed by atoms with Gasteiger partial charge in [-0.3, -0.25) is 5.43 Å². The molecule has 0 amide bonds. The number of nitrogens with one attached hydrogen (secondary N) is 1. The number of nitrogens with zero attached hydrogens (tertiary/aromatic N) is 3. The summed E-state index contributed by atoms with van der Waals surface area (Å²) in [6.45, 7) is 2.05. The van der Waals surface area contributed by atoms with E-state index in [-0.39, 0.29) is 5.75 Å². The maximum absolute atomic E-state index is 9.95. The quantitative estimate of drug-likeness (QED) is 0.329. The Labute approximate surface area is 170 Å². The van der Waals surface area contributed by atoms with Crippen molar-refractivity contribution in [1.82, 2.24) is 9.97 Å². The minimum absolute atomic E-state index is 0.154. The number of aromatic nitrogens is 2. The highest BCUT2D eigenvalue weighted by Gasteiger charge is 2.09. The van der Waals surface area contributed by atoms with E-state index >= 15 is 0 Å². The van der Waals surface area contributed by atoms with Gasteiger partial charge in [0.2, 0.25) is 0 Å². The Hall–Kier alpha value is -3.25. The number of hydrogen-bond donors (Lipinski definition) is 2. The molecule has 4 aromatic rings.